The topological polar surface area (TPSA) is 138 Å². The number of ether oxygens (including phenoxy) is 1. The second-order valence-electron chi connectivity index (χ2n) is 8.57. The molecule has 4 N–H and O–H groups in total. The molecule has 2 aliphatic carbocycles. The van der Waals surface area contributed by atoms with Gasteiger partial charge in [0.15, 0.2) is 33.8 Å². The summed E-state index contributed by atoms with van der Waals surface area (Å²) >= 11 is 0.136. The number of thioether (sulfide) groups is 1. The van der Waals surface area contributed by atoms with Crippen molar-refractivity contribution in [2.45, 2.75) is 67.5 Å². The van der Waals surface area contributed by atoms with Crippen molar-refractivity contribution in [2.24, 2.45) is 0 Å². The lowest BCUT2D eigenvalue weighted by Gasteiger charge is -2.18. The van der Waals surface area contributed by atoms with Crippen LogP contribution in [0.4, 0.5) is 14.6 Å². The van der Waals surface area contributed by atoms with Crippen LogP contribution in [0.15, 0.2) is 23.4 Å². The second kappa shape index (κ2) is 10.5. The van der Waals surface area contributed by atoms with Crippen LogP contribution in [0, 0.1) is 11.6 Å². The number of hydrogen-bond acceptors (Lipinski definition) is 10. The Morgan fingerprint density at radius 2 is 2.11 bits per heavy atom. The number of hydrogen-bond donors (Lipinski definition) is 4. The first-order valence-electron chi connectivity index (χ1n) is 14.7. The van der Waals surface area contributed by atoms with Gasteiger partial charge in [0.1, 0.15) is 12.2 Å². The molecular weight excluding hydrogens is 494 g/mol. The fourth-order valence-electron chi connectivity index (χ4n) is 4.48. The van der Waals surface area contributed by atoms with Crippen LogP contribution in [-0.4, -0.2) is 83.6 Å². The first-order valence-corrected chi connectivity index (χ1v) is 12.0. The lowest BCUT2D eigenvalue weighted by Crippen LogP contribution is -2.36. The predicted molar refractivity (Wildman–Crippen MR) is 128 cm³/mol. The van der Waals surface area contributed by atoms with Crippen LogP contribution in [-0.2, 0) is 4.74 Å². The van der Waals surface area contributed by atoms with E-state index in [0.29, 0.717) is 12.0 Å². The molecule has 6 atom stereocenters. The Bertz CT molecular complexity index is 1500. The molecule has 0 bridgehead atoms. The Morgan fingerprint density at radius 1 is 1.25 bits per heavy atom. The quantitative estimate of drug-likeness (QED) is 0.228. The van der Waals surface area contributed by atoms with Crippen molar-refractivity contribution in [1.82, 2.24) is 25.0 Å². The van der Waals surface area contributed by atoms with Gasteiger partial charge >= 0.3 is 0 Å². The van der Waals surface area contributed by atoms with Crippen molar-refractivity contribution < 1.29 is 38.4 Å². The Hall–Kier alpha value is -2.45. The fourth-order valence-corrected chi connectivity index (χ4v) is 4.89. The summed E-state index contributed by atoms with van der Waals surface area (Å²) in [6, 6.07) is 2.27. The van der Waals surface area contributed by atoms with Gasteiger partial charge in [0.25, 0.3) is 0 Å². The molecule has 0 unspecified atom stereocenters. The number of rotatable bonds is 10. The van der Waals surface area contributed by atoms with E-state index in [4.69, 9.17) is 19.4 Å². The Morgan fingerprint density at radius 3 is 2.89 bits per heavy atom. The molecule has 10 nitrogen and oxygen atoms in total. The molecule has 13 heteroatoms. The number of aliphatic hydroxyl groups excluding tert-OH is 3. The van der Waals surface area contributed by atoms with Crippen molar-refractivity contribution in [3.05, 3.63) is 35.4 Å². The molecule has 3 aromatic rings. The molecule has 5 rings (SSSR count). The highest BCUT2D eigenvalue weighted by molar-refractivity contribution is 7.99. The molecule has 2 aromatic heterocycles. The molecule has 0 radical (unpaired) electrons. The fraction of sp³-hybridized carbons (Fsp3) is 0.565. The minimum atomic E-state index is -3.32. The summed E-state index contributed by atoms with van der Waals surface area (Å²) in [4.78, 5) is 8.58. The summed E-state index contributed by atoms with van der Waals surface area (Å²) in [6.45, 7) is -3.70. The number of fused-ring (bicyclic) bond motifs is 1. The van der Waals surface area contributed by atoms with Gasteiger partial charge in [0, 0.05) is 21.2 Å². The number of benzene rings is 1. The molecule has 2 fully saturated rings. The average molecular weight is 530 g/mol. The number of nitrogens with zero attached hydrogens (tertiary/aromatic N) is 5. The Kier molecular flexibility index (Phi) is 5.22. The van der Waals surface area contributed by atoms with E-state index in [-0.39, 0.29) is 59.5 Å². The molecule has 2 saturated carbocycles. The highest BCUT2D eigenvalue weighted by atomic mass is 32.2. The zero-order chi connectivity index (χ0) is 31.5. The highest BCUT2D eigenvalue weighted by Crippen LogP contribution is 2.52. The Balaban J connectivity index is 1.51. The van der Waals surface area contributed by atoms with Crippen LogP contribution in [0.5, 0.6) is 0 Å². The predicted octanol–water partition coefficient (Wildman–Crippen LogP) is 2.01. The third kappa shape index (κ3) is 4.90. The zero-order valence-electron chi connectivity index (χ0n) is 25.7. The van der Waals surface area contributed by atoms with Crippen LogP contribution < -0.4 is 5.32 Å². The SMILES string of the molecule is [2H]C([2H])([2H])C([2H])([2H])C([2H])([2H])Sc1nc(N[C@@H]2C[C@H](OCCO)[C@@H](O)[C@H]2O)c2nnn([C@@H]3C[C@H]3c3ccc(F)c(F)c3)c2n1. The van der Waals surface area contributed by atoms with Crippen molar-refractivity contribution in [2.75, 3.05) is 24.2 Å². The van der Waals surface area contributed by atoms with E-state index in [2.05, 4.69) is 25.6 Å². The standard InChI is InChI=1S/C23H28F2N6O4S/c1-2-7-36-23-27-21(26-15-10-17(35-6-5-32)20(34)19(15)33)18-22(28-23)31(30-29-18)16-9-12(16)11-3-4-13(24)14(25)8-11/h3-4,8,12,15-17,19-20,32-34H,2,5-7,9-10H2,1H3,(H,26,27,28)/t12-,15+,16+,17-,19-,20+/m0/s1/i1D3,2D2,7D2. The van der Waals surface area contributed by atoms with Crippen molar-refractivity contribution in [3.8, 4) is 0 Å². The third-order valence-electron chi connectivity index (χ3n) is 6.31. The average Bonchev–Trinajstić information content (AvgIpc) is 3.52. The molecule has 0 spiro atoms. The van der Waals surface area contributed by atoms with Crippen molar-refractivity contribution in [3.63, 3.8) is 0 Å². The Labute approximate surface area is 219 Å². The van der Waals surface area contributed by atoms with Crippen molar-refractivity contribution >= 4 is 28.7 Å². The van der Waals surface area contributed by atoms with E-state index in [1.807, 2.05) is 0 Å². The van der Waals surface area contributed by atoms with Gasteiger partial charge in [0.05, 0.1) is 31.4 Å². The largest absolute Gasteiger partial charge is 0.394 e. The first kappa shape index (κ1) is 17.9. The lowest BCUT2D eigenvalue weighted by molar-refractivity contribution is -0.0612. The molecule has 0 aliphatic heterocycles. The maximum Gasteiger partial charge on any atom is 0.191 e. The molecule has 194 valence electrons. The van der Waals surface area contributed by atoms with Gasteiger partial charge in [-0.2, -0.15) is 0 Å². The number of anilines is 1. The van der Waals surface area contributed by atoms with E-state index in [0.717, 1.165) is 12.1 Å². The van der Waals surface area contributed by atoms with Crippen LogP contribution in [0.2, 0.25) is 0 Å². The van der Waals surface area contributed by atoms with Gasteiger partial charge in [0.2, 0.25) is 0 Å². The monoisotopic (exact) mass is 529 g/mol. The van der Waals surface area contributed by atoms with E-state index in [1.165, 1.54) is 10.7 Å². The summed E-state index contributed by atoms with van der Waals surface area (Å²) < 4.78 is 89.0. The number of nitrogens with one attached hydrogen (secondary N) is 1. The van der Waals surface area contributed by atoms with E-state index in [1.54, 1.807) is 0 Å². The molecular formula is C23H28F2N6O4S. The summed E-state index contributed by atoms with van der Waals surface area (Å²) in [5, 5.41) is 41.0. The maximum absolute atomic E-state index is 13.9. The van der Waals surface area contributed by atoms with Gasteiger partial charge in [-0.25, -0.2) is 23.4 Å². The molecule has 2 aliphatic rings. The number of halogens is 2. The molecule has 36 heavy (non-hydrogen) atoms. The second-order valence-corrected chi connectivity index (χ2v) is 9.35. The lowest BCUT2D eigenvalue weighted by atomic mass is 10.1. The van der Waals surface area contributed by atoms with Crippen molar-refractivity contribution in [1.29, 1.82) is 0 Å². The van der Waals surface area contributed by atoms with Gasteiger partial charge in [-0.3, -0.25) is 0 Å². The highest BCUT2D eigenvalue weighted by Gasteiger charge is 2.44. The first-order chi connectivity index (χ1) is 20.1. The summed E-state index contributed by atoms with van der Waals surface area (Å²) in [5.41, 5.74) is -2.40. The number of aliphatic hydroxyl groups is 3. The minimum absolute atomic E-state index is 0.0569. The van der Waals surface area contributed by atoms with Crippen LogP contribution in [0.3, 0.4) is 0 Å². The molecule has 0 saturated heterocycles. The maximum atomic E-state index is 13.9. The van der Waals surface area contributed by atoms with Gasteiger partial charge in [-0.15, -0.1) is 5.10 Å². The zero-order valence-corrected chi connectivity index (χ0v) is 19.5. The van der Waals surface area contributed by atoms with E-state index < -0.39 is 61.0 Å². The third-order valence-corrected chi connectivity index (χ3v) is 6.88. The normalized spacial score (nSPS) is 31.6. The van der Waals surface area contributed by atoms with Crippen LogP contribution >= 0.6 is 11.8 Å². The molecule has 0 amide bonds. The van der Waals surface area contributed by atoms with Gasteiger partial charge in [-0.05, 0) is 36.9 Å². The van der Waals surface area contributed by atoms with Gasteiger partial charge in [-0.1, -0.05) is 29.9 Å². The van der Waals surface area contributed by atoms with E-state index in [9.17, 15) is 19.0 Å². The smallest absolute Gasteiger partial charge is 0.191 e. The van der Waals surface area contributed by atoms with E-state index >= 15 is 0 Å². The van der Waals surface area contributed by atoms with Crippen LogP contribution in [0.25, 0.3) is 11.2 Å². The molecule has 2 heterocycles. The van der Waals surface area contributed by atoms with Crippen LogP contribution in [0.1, 0.15) is 53.2 Å². The summed E-state index contributed by atoms with van der Waals surface area (Å²) in [5.74, 6) is -2.35. The minimum Gasteiger partial charge on any atom is -0.394 e. The molecule has 1 aromatic carbocycles. The summed E-state index contributed by atoms with van der Waals surface area (Å²) in [6.07, 6.45) is -6.27. The van der Waals surface area contributed by atoms with Gasteiger partial charge < -0.3 is 25.4 Å². The summed E-state index contributed by atoms with van der Waals surface area (Å²) in [7, 11) is 0. The number of aromatic nitrogens is 5.